The van der Waals surface area contributed by atoms with Crippen molar-refractivity contribution < 1.29 is 5.11 Å². The number of hydrogen-bond donors (Lipinski definition) is 0. The molecule has 46 valence electrons. The van der Waals surface area contributed by atoms with Crippen molar-refractivity contribution in [3.05, 3.63) is 0 Å². The van der Waals surface area contributed by atoms with Gasteiger partial charge in [0.1, 0.15) is 0 Å². The Balaban J connectivity index is 3.35. The van der Waals surface area contributed by atoms with Gasteiger partial charge in [0.2, 0.25) is 0 Å². The van der Waals surface area contributed by atoms with Crippen molar-refractivity contribution in [1.82, 2.24) is 0 Å². The molecule has 0 bridgehead atoms. The van der Waals surface area contributed by atoms with Crippen LogP contribution in [0.5, 0.6) is 0 Å². The lowest BCUT2D eigenvalue weighted by Gasteiger charge is -2.22. The van der Waals surface area contributed by atoms with Crippen LogP contribution >= 0.6 is 0 Å². The summed E-state index contributed by atoms with van der Waals surface area (Å²) in [4.78, 5) is 0. The van der Waals surface area contributed by atoms with Gasteiger partial charge in [0.25, 0.3) is 0 Å². The van der Waals surface area contributed by atoms with E-state index in [1.165, 1.54) is 0 Å². The normalized spacial score (nSPS) is 13.4. The molecule has 2 heteroatoms. The Morgan fingerprint density at radius 3 is 2.25 bits per heavy atom. The maximum atomic E-state index is 10.6. The number of nitrogens with zero attached hydrogens (tertiary/aromatic N) is 1. The fourth-order valence-electron chi connectivity index (χ4n) is 0.326. The average molecular weight is 112 g/mol. The van der Waals surface area contributed by atoms with Crippen molar-refractivity contribution >= 4 is 0 Å². The van der Waals surface area contributed by atoms with Gasteiger partial charge >= 0.3 is 0 Å². The molecule has 0 aliphatic rings. The van der Waals surface area contributed by atoms with Crippen LogP contribution < -0.4 is 5.11 Å². The van der Waals surface area contributed by atoms with Crippen LogP contribution in [0, 0.1) is 17.2 Å². The Bertz CT molecular complexity index is 93.2. The minimum absolute atomic E-state index is 0.0923. The summed E-state index contributed by atoms with van der Waals surface area (Å²) in [5.74, 6) is 0.0923. The highest BCUT2D eigenvalue weighted by Gasteiger charge is 1.96. The van der Waals surface area contributed by atoms with E-state index >= 15 is 0 Å². The third-order valence-corrected chi connectivity index (χ3v) is 1.04. The van der Waals surface area contributed by atoms with Crippen LogP contribution in [0.1, 0.15) is 20.3 Å². The lowest BCUT2D eigenvalue weighted by Crippen LogP contribution is -2.29. The Kier molecular flexibility index (Phi) is 3.21. The maximum absolute atomic E-state index is 10.6. The quantitative estimate of drug-likeness (QED) is 0.515. The zero-order chi connectivity index (χ0) is 6.57. The van der Waals surface area contributed by atoms with Gasteiger partial charge in [-0.2, -0.15) is 5.26 Å². The van der Waals surface area contributed by atoms with Gasteiger partial charge < -0.3 is 5.11 Å². The zero-order valence-corrected chi connectivity index (χ0v) is 5.22. The summed E-state index contributed by atoms with van der Waals surface area (Å²) in [5, 5.41) is 18.6. The molecule has 0 spiro atoms. The second-order valence-electron chi connectivity index (χ2n) is 2.14. The molecule has 0 amide bonds. The first-order valence-corrected chi connectivity index (χ1v) is 2.71. The van der Waals surface area contributed by atoms with E-state index in [1.807, 2.05) is 19.9 Å². The van der Waals surface area contributed by atoms with Crippen LogP contribution in [-0.4, -0.2) is 6.10 Å². The first kappa shape index (κ1) is 7.45. The van der Waals surface area contributed by atoms with Crippen LogP contribution in [0.3, 0.4) is 0 Å². The van der Waals surface area contributed by atoms with Gasteiger partial charge in [-0.1, -0.05) is 19.8 Å². The van der Waals surface area contributed by atoms with Gasteiger partial charge in [-0.3, -0.25) is 0 Å². The van der Waals surface area contributed by atoms with Crippen LogP contribution in [0.15, 0.2) is 0 Å². The number of nitriles is 1. The van der Waals surface area contributed by atoms with Crippen LogP contribution in [-0.2, 0) is 0 Å². The zero-order valence-electron chi connectivity index (χ0n) is 5.22. The predicted molar refractivity (Wildman–Crippen MR) is 28.9 cm³/mol. The lowest BCUT2D eigenvalue weighted by molar-refractivity contribution is -0.429. The molecule has 0 fully saturated rings. The van der Waals surface area contributed by atoms with E-state index in [4.69, 9.17) is 5.26 Å². The monoisotopic (exact) mass is 112 g/mol. The summed E-state index contributed by atoms with van der Waals surface area (Å²) >= 11 is 0. The second kappa shape index (κ2) is 3.45. The lowest BCUT2D eigenvalue weighted by atomic mass is 10.1. The molecule has 0 aromatic carbocycles. The first-order valence-electron chi connectivity index (χ1n) is 2.71. The van der Waals surface area contributed by atoms with E-state index in [2.05, 4.69) is 0 Å². The fraction of sp³-hybridized carbons (Fsp3) is 0.833. The number of rotatable bonds is 2. The highest BCUT2D eigenvalue weighted by atomic mass is 16.3. The largest absolute Gasteiger partial charge is 0.851 e. The van der Waals surface area contributed by atoms with E-state index in [1.54, 1.807) is 0 Å². The predicted octanol–water partition coefficient (Wildman–Crippen LogP) is 0.285. The Morgan fingerprint density at radius 1 is 1.62 bits per heavy atom. The Hall–Kier alpha value is -0.550. The van der Waals surface area contributed by atoms with Gasteiger partial charge in [-0.15, -0.1) is 6.10 Å². The first-order chi connectivity index (χ1) is 3.68. The Morgan fingerprint density at radius 2 is 2.12 bits per heavy atom. The molecule has 2 nitrogen and oxygen atoms in total. The van der Waals surface area contributed by atoms with Gasteiger partial charge in [0.05, 0.1) is 6.07 Å². The number of hydrogen-bond acceptors (Lipinski definition) is 2. The molecular formula is C6H10NO-. The van der Waals surface area contributed by atoms with Gasteiger partial charge in [0, 0.05) is 6.42 Å². The standard InChI is InChI=1S/C6H10NO/c1-5(2)6(8)3-4-7/h5-6H,3H2,1-2H3/q-1. The maximum Gasteiger partial charge on any atom is 0.0610 e. The van der Waals surface area contributed by atoms with Crippen molar-refractivity contribution in [3.8, 4) is 6.07 Å². The van der Waals surface area contributed by atoms with E-state index in [0.29, 0.717) is 0 Å². The van der Waals surface area contributed by atoms with Crippen molar-refractivity contribution in [3.63, 3.8) is 0 Å². The Labute approximate surface area is 49.8 Å². The van der Waals surface area contributed by atoms with Crippen molar-refractivity contribution in [2.24, 2.45) is 5.92 Å². The minimum atomic E-state index is -0.694. The van der Waals surface area contributed by atoms with Crippen molar-refractivity contribution in [1.29, 1.82) is 5.26 Å². The summed E-state index contributed by atoms with van der Waals surface area (Å²) in [6, 6.07) is 1.84. The summed E-state index contributed by atoms with van der Waals surface area (Å²) in [5.41, 5.74) is 0. The highest BCUT2D eigenvalue weighted by Crippen LogP contribution is 1.99. The molecule has 0 saturated heterocycles. The molecule has 0 aromatic heterocycles. The van der Waals surface area contributed by atoms with Gasteiger partial charge in [-0.05, 0) is 0 Å². The van der Waals surface area contributed by atoms with E-state index in [9.17, 15) is 5.11 Å². The molecule has 0 heterocycles. The van der Waals surface area contributed by atoms with E-state index < -0.39 is 6.10 Å². The van der Waals surface area contributed by atoms with Crippen molar-refractivity contribution in [2.45, 2.75) is 26.4 Å². The highest BCUT2D eigenvalue weighted by molar-refractivity contribution is 4.75. The van der Waals surface area contributed by atoms with Gasteiger partial charge in [-0.25, -0.2) is 0 Å². The molecule has 0 saturated carbocycles. The van der Waals surface area contributed by atoms with Crippen LogP contribution in [0.25, 0.3) is 0 Å². The third kappa shape index (κ3) is 2.59. The summed E-state index contributed by atoms with van der Waals surface area (Å²) < 4.78 is 0. The van der Waals surface area contributed by atoms with Crippen LogP contribution in [0.2, 0.25) is 0 Å². The smallest absolute Gasteiger partial charge is 0.0610 e. The topological polar surface area (TPSA) is 46.8 Å². The second-order valence-corrected chi connectivity index (χ2v) is 2.14. The molecule has 0 aliphatic heterocycles. The minimum Gasteiger partial charge on any atom is -0.851 e. The van der Waals surface area contributed by atoms with E-state index in [0.717, 1.165) is 0 Å². The van der Waals surface area contributed by atoms with Gasteiger partial charge in [0.15, 0.2) is 0 Å². The SMILES string of the molecule is CC(C)C([O-])CC#N. The van der Waals surface area contributed by atoms with Crippen LogP contribution in [0.4, 0.5) is 0 Å². The molecule has 0 aliphatic carbocycles. The van der Waals surface area contributed by atoms with E-state index in [-0.39, 0.29) is 12.3 Å². The molecular weight excluding hydrogens is 102 g/mol. The average Bonchev–Trinajstić information content (AvgIpc) is 1.67. The molecule has 1 atom stereocenters. The summed E-state index contributed by atoms with van der Waals surface area (Å²) in [7, 11) is 0. The molecule has 0 rings (SSSR count). The molecule has 8 heavy (non-hydrogen) atoms. The van der Waals surface area contributed by atoms with Crippen molar-refractivity contribution in [2.75, 3.05) is 0 Å². The molecule has 0 radical (unpaired) electrons. The molecule has 1 unspecified atom stereocenters. The molecule has 0 N–H and O–H groups in total. The fourth-order valence-corrected chi connectivity index (χ4v) is 0.326. The third-order valence-electron chi connectivity index (χ3n) is 1.04. The summed E-state index contributed by atoms with van der Waals surface area (Å²) in [6.07, 6.45) is -0.558. The summed E-state index contributed by atoms with van der Waals surface area (Å²) in [6.45, 7) is 3.66. The molecule has 0 aromatic rings.